The van der Waals surface area contributed by atoms with Gasteiger partial charge in [0, 0.05) is 31.1 Å². The van der Waals surface area contributed by atoms with Gasteiger partial charge in [-0.3, -0.25) is 9.59 Å². The number of nitrogens with zero attached hydrogens (tertiary/aromatic N) is 2. The molecular weight excluding hydrogens is 304 g/mol. The molecule has 0 N–H and O–H groups in total. The van der Waals surface area contributed by atoms with Crippen molar-refractivity contribution in [3.63, 3.8) is 0 Å². The van der Waals surface area contributed by atoms with Crippen molar-refractivity contribution in [1.82, 2.24) is 9.80 Å². The van der Waals surface area contributed by atoms with E-state index in [1.165, 1.54) is 10.5 Å². The maximum absolute atomic E-state index is 12.5. The second-order valence-electron chi connectivity index (χ2n) is 6.19. The SMILES string of the molecule is CCN(CC)C(=O)CN(C)C(=O)Cc1coc2cc(C)c(C)cc12. The van der Waals surface area contributed by atoms with E-state index in [1.807, 2.05) is 33.8 Å². The van der Waals surface area contributed by atoms with E-state index in [0.717, 1.165) is 22.1 Å². The van der Waals surface area contributed by atoms with E-state index in [9.17, 15) is 9.59 Å². The number of hydrogen-bond donors (Lipinski definition) is 0. The summed E-state index contributed by atoms with van der Waals surface area (Å²) in [5.74, 6) is -0.115. The molecule has 2 aromatic rings. The summed E-state index contributed by atoms with van der Waals surface area (Å²) in [5.41, 5.74) is 3.99. The molecule has 0 aliphatic rings. The van der Waals surface area contributed by atoms with Crippen molar-refractivity contribution in [2.75, 3.05) is 26.7 Å². The predicted molar refractivity (Wildman–Crippen MR) is 95.0 cm³/mol. The molecule has 0 unspecified atom stereocenters. The van der Waals surface area contributed by atoms with Crippen molar-refractivity contribution in [3.05, 3.63) is 35.1 Å². The van der Waals surface area contributed by atoms with E-state index in [0.29, 0.717) is 13.1 Å². The Balaban J connectivity index is 2.09. The summed E-state index contributed by atoms with van der Waals surface area (Å²) in [6.45, 7) is 9.37. The van der Waals surface area contributed by atoms with E-state index in [4.69, 9.17) is 4.42 Å². The molecule has 0 aliphatic carbocycles. The first-order valence-corrected chi connectivity index (χ1v) is 8.36. The van der Waals surface area contributed by atoms with Crippen LogP contribution in [0.5, 0.6) is 0 Å². The molecule has 1 aromatic carbocycles. The van der Waals surface area contributed by atoms with Crippen molar-refractivity contribution in [3.8, 4) is 0 Å². The standard InChI is InChI=1S/C19H26N2O3/c1-6-21(7-2)19(23)11-20(5)18(22)10-15-12-24-17-9-14(4)13(3)8-16(15)17/h8-9,12H,6-7,10-11H2,1-5H3. The summed E-state index contributed by atoms with van der Waals surface area (Å²) < 4.78 is 5.57. The van der Waals surface area contributed by atoms with Crippen LogP contribution in [0.1, 0.15) is 30.5 Å². The maximum Gasteiger partial charge on any atom is 0.242 e. The fraction of sp³-hybridized carbons (Fsp3) is 0.474. The van der Waals surface area contributed by atoms with Crippen molar-refractivity contribution in [2.45, 2.75) is 34.1 Å². The van der Waals surface area contributed by atoms with Crippen molar-refractivity contribution < 1.29 is 14.0 Å². The molecular formula is C19H26N2O3. The van der Waals surface area contributed by atoms with Gasteiger partial charge in [0.1, 0.15) is 5.58 Å². The molecule has 0 saturated carbocycles. The third-order valence-corrected chi connectivity index (χ3v) is 4.53. The van der Waals surface area contributed by atoms with Gasteiger partial charge in [-0.15, -0.1) is 0 Å². The molecule has 2 amide bonds. The van der Waals surface area contributed by atoms with Crippen LogP contribution in [-0.4, -0.2) is 48.3 Å². The van der Waals surface area contributed by atoms with Gasteiger partial charge in [0.2, 0.25) is 11.8 Å². The topological polar surface area (TPSA) is 53.8 Å². The highest BCUT2D eigenvalue weighted by molar-refractivity contribution is 5.90. The van der Waals surface area contributed by atoms with Crippen LogP contribution < -0.4 is 0 Å². The van der Waals surface area contributed by atoms with Crippen molar-refractivity contribution in [1.29, 1.82) is 0 Å². The summed E-state index contributed by atoms with van der Waals surface area (Å²) in [6, 6.07) is 4.05. The highest BCUT2D eigenvalue weighted by atomic mass is 16.3. The fourth-order valence-corrected chi connectivity index (χ4v) is 2.74. The minimum absolute atomic E-state index is 0.0284. The van der Waals surface area contributed by atoms with Gasteiger partial charge in [-0.05, 0) is 51.0 Å². The molecule has 1 aromatic heterocycles. The van der Waals surface area contributed by atoms with Gasteiger partial charge in [-0.2, -0.15) is 0 Å². The molecule has 0 spiro atoms. The first-order chi connectivity index (χ1) is 11.4. The number of fused-ring (bicyclic) bond motifs is 1. The van der Waals surface area contributed by atoms with Crippen molar-refractivity contribution >= 4 is 22.8 Å². The van der Waals surface area contributed by atoms with Crippen LogP contribution in [0.3, 0.4) is 0 Å². The van der Waals surface area contributed by atoms with Gasteiger partial charge in [0.05, 0.1) is 19.2 Å². The lowest BCUT2D eigenvalue weighted by Gasteiger charge is -2.23. The number of rotatable bonds is 6. The molecule has 0 aliphatic heterocycles. The largest absolute Gasteiger partial charge is 0.464 e. The molecule has 0 bridgehead atoms. The third kappa shape index (κ3) is 3.78. The van der Waals surface area contributed by atoms with Crippen LogP contribution in [0.25, 0.3) is 11.0 Å². The monoisotopic (exact) mass is 330 g/mol. The molecule has 5 nitrogen and oxygen atoms in total. The highest BCUT2D eigenvalue weighted by Gasteiger charge is 2.18. The van der Waals surface area contributed by atoms with Gasteiger partial charge in [0.15, 0.2) is 0 Å². The summed E-state index contributed by atoms with van der Waals surface area (Å²) in [5, 5.41) is 0.968. The lowest BCUT2D eigenvalue weighted by Crippen LogP contribution is -2.41. The second-order valence-corrected chi connectivity index (χ2v) is 6.19. The smallest absolute Gasteiger partial charge is 0.242 e. The Morgan fingerprint density at radius 2 is 1.67 bits per heavy atom. The van der Waals surface area contributed by atoms with Gasteiger partial charge < -0.3 is 14.2 Å². The summed E-state index contributed by atoms with van der Waals surface area (Å²) in [4.78, 5) is 27.8. The Kier molecular flexibility index (Phi) is 5.65. The van der Waals surface area contributed by atoms with E-state index in [1.54, 1.807) is 18.2 Å². The van der Waals surface area contributed by atoms with Gasteiger partial charge >= 0.3 is 0 Å². The quantitative estimate of drug-likeness (QED) is 0.818. The minimum atomic E-state index is -0.0866. The first-order valence-electron chi connectivity index (χ1n) is 8.36. The Hall–Kier alpha value is -2.30. The third-order valence-electron chi connectivity index (χ3n) is 4.53. The zero-order chi connectivity index (χ0) is 17.9. The number of carbonyl (C=O) groups is 2. The van der Waals surface area contributed by atoms with Crippen molar-refractivity contribution in [2.24, 2.45) is 0 Å². The number of furan rings is 1. The number of carbonyl (C=O) groups excluding carboxylic acids is 2. The molecule has 2 rings (SSSR count). The zero-order valence-electron chi connectivity index (χ0n) is 15.2. The van der Waals surface area contributed by atoms with E-state index in [2.05, 4.69) is 6.07 Å². The van der Waals surface area contributed by atoms with Crippen LogP contribution in [0.15, 0.2) is 22.8 Å². The number of likely N-dealkylation sites (N-methyl/N-ethyl adjacent to an activating group) is 2. The summed E-state index contributed by atoms with van der Waals surface area (Å²) in [6.07, 6.45) is 1.87. The average Bonchev–Trinajstić information content (AvgIpc) is 2.91. The van der Waals surface area contributed by atoms with E-state index in [-0.39, 0.29) is 24.8 Å². The van der Waals surface area contributed by atoms with Gasteiger partial charge in [0.25, 0.3) is 0 Å². The molecule has 0 saturated heterocycles. The van der Waals surface area contributed by atoms with Crippen LogP contribution in [-0.2, 0) is 16.0 Å². The first kappa shape index (κ1) is 18.0. The van der Waals surface area contributed by atoms with E-state index >= 15 is 0 Å². The second kappa shape index (κ2) is 7.51. The van der Waals surface area contributed by atoms with Gasteiger partial charge in [-0.1, -0.05) is 0 Å². The van der Waals surface area contributed by atoms with Crippen LogP contribution >= 0.6 is 0 Å². The maximum atomic E-state index is 12.5. The minimum Gasteiger partial charge on any atom is -0.464 e. The van der Waals surface area contributed by atoms with Crippen LogP contribution in [0.2, 0.25) is 0 Å². The summed E-state index contributed by atoms with van der Waals surface area (Å²) >= 11 is 0. The molecule has 24 heavy (non-hydrogen) atoms. The molecule has 0 fully saturated rings. The molecule has 0 radical (unpaired) electrons. The Labute approximate surface area is 143 Å². The lowest BCUT2D eigenvalue weighted by molar-refractivity contribution is -0.138. The number of aryl methyl sites for hydroxylation is 2. The number of benzene rings is 1. The zero-order valence-corrected chi connectivity index (χ0v) is 15.2. The van der Waals surface area contributed by atoms with E-state index < -0.39 is 0 Å². The number of hydrogen-bond acceptors (Lipinski definition) is 3. The molecule has 1 heterocycles. The Morgan fingerprint density at radius 1 is 1.04 bits per heavy atom. The predicted octanol–water partition coefficient (Wildman–Crippen LogP) is 2.92. The Bertz CT molecular complexity index is 744. The number of amides is 2. The Morgan fingerprint density at radius 3 is 2.29 bits per heavy atom. The lowest BCUT2D eigenvalue weighted by atomic mass is 10.0. The fourth-order valence-electron chi connectivity index (χ4n) is 2.74. The molecule has 130 valence electrons. The molecule has 0 atom stereocenters. The molecule has 5 heteroatoms. The normalized spacial score (nSPS) is 10.9. The van der Waals surface area contributed by atoms with Crippen LogP contribution in [0.4, 0.5) is 0 Å². The van der Waals surface area contributed by atoms with Crippen LogP contribution in [0, 0.1) is 13.8 Å². The summed E-state index contributed by atoms with van der Waals surface area (Å²) in [7, 11) is 1.67. The average molecular weight is 330 g/mol. The van der Waals surface area contributed by atoms with Gasteiger partial charge in [-0.25, -0.2) is 0 Å². The highest BCUT2D eigenvalue weighted by Crippen LogP contribution is 2.25.